The van der Waals surface area contributed by atoms with Gasteiger partial charge in [-0.25, -0.2) is 0 Å². The van der Waals surface area contributed by atoms with Gasteiger partial charge in [0.25, 0.3) is 0 Å². The Hall–Kier alpha value is -1.41. The summed E-state index contributed by atoms with van der Waals surface area (Å²) in [6, 6.07) is -1.19. The summed E-state index contributed by atoms with van der Waals surface area (Å²) >= 11 is 0. The SMILES string of the molecule is CCCCCCCCCCC/C=C\CCCCCCC(O)C(=O)NC(COC1OC(CO)C(O)C(O)C1O)C(O)C(O)CCC/C=C/CCCCCCCCCCCCCCCCCCCC. The van der Waals surface area contributed by atoms with Gasteiger partial charge in [-0.3, -0.25) is 4.79 Å². The average molecular weight is 954 g/mol. The minimum Gasteiger partial charge on any atom is -0.394 e. The Labute approximate surface area is 410 Å². The van der Waals surface area contributed by atoms with Crippen molar-refractivity contribution < 1.29 is 50.0 Å². The van der Waals surface area contributed by atoms with Gasteiger partial charge in [-0.2, -0.15) is 0 Å². The molecule has 1 aliphatic rings. The highest BCUT2D eigenvalue weighted by Crippen LogP contribution is 2.23. The Bertz CT molecular complexity index is 1140. The van der Waals surface area contributed by atoms with Gasteiger partial charge in [0.05, 0.1) is 25.4 Å². The van der Waals surface area contributed by atoms with Crippen LogP contribution in [-0.2, 0) is 14.3 Å². The Morgan fingerprint density at radius 1 is 0.507 bits per heavy atom. The van der Waals surface area contributed by atoms with Crippen molar-refractivity contribution in [2.24, 2.45) is 0 Å². The molecule has 1 rings (SSSR count). The maximum atomic E-state index is 13.1. The minimum absolute atomic E-state index is 0.241. The van der Waals surface area contributed by atoms with Crippen LogP contribution in [0.2, 0.25) is 0 Å². The van der Waals surface area contributed by atoms with Crippen molar-refractivity contribution in [3.05, 3.63) is 24.3 Å². The third-order valence-electron chi connectivity index (χ3n) is 13.7. The maximum absolute atomic E-state index is 13.1. The zero-order valence-electron chi connectivity index (χ0n) is 43.1. The summed E-state index contributed by atoms with van der Waals surface area (Å²) in [4.78, 5) is 13.1. The van der Waals surface area contributed by atoms with Crippen LogP contribution in [0.3, 0.4) is 0 Å². The van der Waals surface area contributed by atoms with Crippen LogP contribution >= 0.6 is 0 Å². The number of nitrogens with one attached hydrogen (secondary N) is 1. The molecular weight excluding hydrogens is 847 g/mol. The third kappa shape index (κ3) is 34.5. The number of hydrogen-bond acceptors (Lipinski definition) is 10. The van der Waals surface area contributed by atoms with Crippen molar-refractivity contribution >= 4 is 5.91 Å². The molecule has 396 valence electrons. The van der Waals surface area contributed by atoms with Crippen molar-refractivity contribution in [3.63, 3.8) is 0 Å². The summed E-state index contributed by atoms with van der Waals surface area (Å²) in [6.45, 7) is 3.46. The Kier molecular flexibility index (Phi) is 43.4. The fourth-order valence-electron chi connectivity index (χ4n) is 9.08. The van der Waals surface area contributed by atoms with Crippen molar-refractivity contribution in [3.8, 4) is 0 Å². The molecule has 8 N–H and O–H groups in total. The Morgan fingerprint density at radius 2 is 0.881 bits per heavy atom. The second kappa shape index (κ2) is 45.7. The van der Waals surface area contributed by atoms with Crippen LogP contribution < -0.4 is 5.32 Å². The van der Waals surface area contributed by atoms with E-state index in [1.807, 2.05) is 0 Å². The highest BCUT2D eigenvalue weighted by Gasteiger charge is 2.44. The van der Waals surface area contributed by atoms with E-state index in [9.17, 15) is 40.5 Å². The molecule has 1 fully saturated rings. The molecule has 11 heteroatoms. The van der Waals surface area contributed by atoms with Gasteiger partial charge in [0.15, 0.2) is 6.29 Å². The summed E-state index contributed by atoms with van der Waals surface area (Å²) in [5.74, 6) is -0.712. The summed E-state index contributed by atoms with van der Waals surface area (Å²) in [5.41, 5.74) is 0. The van der Waals surface area contributed by atoms with Crippen LogP contribution in [0.5, 0.6) is 0 Å². The molecule has 0 aromatic rings. The van der Waals surface area contributed by atoms with E-state index in [1.165, 1.54) is 167 Å². The summed E-state index contributed by atoms with van der Waals surface area (Å²) in [5, 5.41) is 76.0. The highest BCUT2D eigenvalue weighted by atomic mass is 16.7. The van der Waals surface area contributed by atoms with Crippen LogP contribution in [0.1, 0.15) is 258 Å². The number of amides is 1. The first kappa shape index (κ1) is 63.6. The third-order valence-corrected chi connectivity index (χ3v) is 13.7. The number of hydrogen-bond donors (Lipinski definition) is 8. The van der Waals surface area contributed by atoms with Gasteiger partial charge < -0.3 is 50.5 Å². The molecule has 1 aliphatic heterocycles. The van der Waals surface area contributed by atoms with Gasteiger partial charge in [0.2, 0.25) is 5.91 Å². The second-order valence-corrected chi connectivity index (χ2v) is 20.0. The molecular formula is C56H107NO10. The van der Waals surface area contributed by atoms with Crippen molar-refractivity contribution in [2.75, 3.05) is 13.2 Å². The molecule has 1 heterocycles. The monoisotopic (exact) mass is 954 g/mol. The van der Waals surface area contributed by atoms with E-state index in [4.69, 9.17) is 9.47 Å². The molecule has 9 unspecified atom stereocenters. The van der Waals surface area contributed by atoms with Gasteiger partial charge >= 0.3 is 0 Å². The van der Waals surface area contributed by atoms with E-state index in [-0.39, 0.29) is 12.8 Å². The molecule has 0 bridgehead atoms. The van der Waals surface area contributed by atoms with Gasteiger partial charge in [0.1, 0.15) is 36.6 Å². The number of ether oxygens (including phenoxy) is 2. The molecule has 0 aromatic carbocycles. The van der Waals surface area contributed by atoms with Crippen molar-refractivity contribution in [1.29, 1.82) is 0 Å². The van der Waals surface area contributed by atoms with E-state index < -0.39 is 74.2 Å². The predicted octanol–water partition coefficient (Wildman–Crippen LogP) is 11.3. The van der Waals surface area contributed by atoms with Gasteiger partial charge in [-0.15, -0.1) is 0 Å². The Balaban J connectivity index is 2.35. The van der Waals surface area contributed by atoms with Crippen LogP contribution in [0.15, 0.2) is 24.3 Å². The number of allylic oxidation sites excluding steroid dienone is 4. The lowest BCUT2D eigenvalue weighted by atomic mass is 9.98. The van der Waals surface area contributed by atoms with Crippen molar-refractivity contribution in [1.82, 2.24) is 5.32 Å². The van der Waals surface area contributed by atoms with Crippen molar-refractivity contribution in [2.45, 2.75) is 313 Å². The standard InChI is InChI=1S/C56H107NO10/c1-3-5-7-9-11-13-15-17-19-21-22-23-24-25-26-28-29-31-33-35-37-39-41-43-48(59)51(61)47(46-66-56-54(64)53(63)52(62)50(45-58)67-56)57-55(65)49(60)44-42-40-38-36-34-32-30-27-20-18-16-14-12-10-8-6-4-2/h30,32,35,37,47-54,56,58-64H,3-29,31,33-34,36,38-46H2,1-2H3,(H,57,65)/b32-30-,37-35+. The molecule has 11 nitrogen and oxygen atoms in total. The fourth-order valence-corrected chi connectivity index (χ4v) is 9.08. The number of unbranched alkanes of at least 4 members (excludes halogenated alkanes) is 32. The maximum Gasteiger partial charge on any atom is 0.249 e. The first-order valence-corrected chi connectivity index (χ1v) is 28.2. The molecule has 0 aromatic heterocycles. The number of aliphatic hydroxyl groups is 7. The molecule has 1 amide bonds. The van der Waals surface area contributed by atoms with E-state index in [0.29, 0.717) is 12.8 Å². The molecule has 1 saturated heterocycles. The zero-order valence-corrected chi connectivity index (χ0v) is 43.1. The summed E-state index contributed by atoms with van der Waals surface area (Å²) < 4.78 is 11.1. The topological polar surface area (TPSA) is 189 Å². The average Bonchev–Trinajstić information content (AvgIpc) is 3.33. The molecule has 0 radical (unpaired) electrons. The summed E-state index contributed by atoms with van der Waals surface area (Å²) in [6.07, 6.45) is 42.3. The molecule has 0 saturated carbocycles. The lowest BCUT2D eigenvalue weighted by molar-refractivity contribution is -0.303. The van der Waals surface area contributed by atoms with Crippen LogP contribution in [-0.4, -0.2) is 110 Å². The normalized spacial score (nSPS) is 20.8. The van der Waals surface area contributed by atoms with E-state index >= 15 is 0 Å². The minimum atomic E-state index is -1.67. The van der Waals surface area contributed by atoms with Gasteiger partial charge in [0, 0.05) is 0 Å². The predicted molar refractivity (Wildman–Crippen MR) is 275 cm³/mol. The molecule has 67 heavy (non-hydrogen) atoms. The molecule has 0 spiro atoms. The fraction of sp³-hybridized carbons (Fsp3) is 0.911. The Morgan fingerprint density at radius 3 is 1.28 bits per heavy atom. The number of rotatable bonds is 48. The van der Waals surface area contributed by atoms with Crippen LogP contribution in [0.4, 0.5) is 0 Å². The first-order valence-electron chi connectivity index (χ1n) is 28.2. The lowest BCUT2D eigenvalue weighted by Gasteiger charge is -2.40. The number of aliphatic hydroxyl groups excluding tert-OH is 7. The smallest absolute Gasteiger partial charge is 0.249 e. The second-order valence-electron chi connectivity index (χ2n) is 20.0. The zero-order chi connectivity index (χ0) is 49.0. The highest BCUT2D eigenvalue weighted by molar-refractivity contribution is 5.80. The first-order chi connectivity index (χ1) is 32.7. The largest absolute Gasteiger partial charge is 0.394 e. The molecule has 0 aliphatic carbocycles. The van der Waals surface area contributed by atoms with Gasteiger partial charge in [-0.1, -0.05) is 218 Å². The molecule has 9 atom stereocenters. The number of carbonyl (C=O) groups excluding carboxylic acids is 1. The quantitative estimate of drug-likeness (QED) is 0.0215. The van der Waals surface area contributed by atoms with E-state index in [2.05, 4.69) is 43.5 Å². The van der Waals surface area contributed by atoms with Gasteiger partial charge in [-0.05, 0) is 64.2 Å². The van der Waals surface area contributed by atoms with Crippen LogP contribution in [0.25, 0.3) is 0 Å². The summed E-state index contributed by atoms with van der Waals surface area (Å²) in [7, 11) is 0. The van der Waals surface area contributed by atoms with E-state index in [1.54, 1.807) is 0 Å². The lowest BCUT2D eigenvalue weighted by Crippen LogP contribution is -2.60. The number of carbonyl (C=O) groups is 1. The van der Waals surface area contributed by atoms with E-state index in [0.717, 1.165) is 51.4 Å². The van der Waals surface area contributed by atoms with Crippen LogP contribution in [0, 0.1) is 0 Å².